The summed E-state index contributed by atoms with van der Waals surface area (Å²) in [6.07, 6.45) is 4.83. The van der Waals surface area contributed by atoms with Crippen molar-refractivity contribution < 1.29 is 4.79 Å². The van der Waals surface area contributed by atoms with Gasteiger partial charge in [-0.15, -0.1) is 0 Å². The molecule has 0 spiro atoms. The molecule has 116 valence electrons. The fraction of sp³-hybridized carbons (Fsp3) is 0.125. The van der Waals surface area contributed by atoms with Crippen molar-refractivity contribution in [2.24, 2.45) is 12.8 Å². The third-order valence-corrected chi connectivity index (χ3v) is 3.30. The summed E-state index contributed by atoms with van der Waals surface area (Å²) in [4.78, 5) is 19.2. The van der Waals surface area contributed by atoms with Gasteiger partial charge in [-0.05, 0) is 0 Å². The Hall–Kier alpha value is -3.22. The zero-order chi connectivity index (χ0) is 16.2. The van der Waals surface area contributed by atoms with Crippen LogP contribution in [0.4, 0.5) is 5.82 Å². The lowest BCUT2D eigenvalue weighted by molar-refractivity contribution is 0.0995. The van der Waals surface area contributed by atoms with E-state index >= 15 is 0 Å². The summed E-state index contributed by atoms with van der Waals surface area (Å²) >= 11 is 0. The minimum absolute atomic E-state index is 0.129. The van der Waals surface area contributed by atoms with E-state index in [0.717, 1.165) is 16.8 Å². The molecule has 0 fully saturated rings. The second-order valence-corrected chi connectivity index (χ2v) is 5.05. The average Bonchev–Trinajstić information content (AvgIpc) is 2.95. The number of nitrogens with one attached hydrogen (secondary N) is 1. The van der Waals surface area contributed by atoms with Crippen molar-refractivity contribution >= 4 is 11.7 Å². The molecule has 0 unspecified atom stereocenters. The average molecular weight is 308 g/mol. The van der Waals surface area contributed by atoms with Crippen LogP contribution in [0.25, 0.3) is 11.3 Å². The lowest BCUT2D eigenvalue weighted by atomic mass is 10.1. The Kier molecular flexibility index (Phi) is 4.01. The van der Waals surface area contributed by atoms with Crippen molar-refractivity contribution in [1.29, 1.82) is 0 Å². The smallest absolute Gasteiger partial charge is 0.268 e. The summed E-state index contributed by atoms with van der Waals surface area (Å²) in [6, 6.07) is 9.94. The van der Waals surface area contributed by atoms with Gasteiger partial charge in [0, 0.05) is 30.9 Å². The molecule has 0 bridgehead atoms. The molecule has 3 rings (SSSR count). The minimum atomic E-state index is -0.604. The number of aryl methyl sites for hydroxylation is 1. The highest BCUT2D eigenvalue weighted by atomic mass is 16.1. The molecule has 0 aliphatic rings. The number of benzene rings is 1. The van der Waals surface area contributed by atoms with Crippen LogP contribution in [0.5, 0.6) is 0 Å². The summed E-state index contributed by atoms with van der Waals surface area (Å²) < 4.78 is 1.77. The number of carbonyl (C=O) groups excluding carboxylic acids is 1. The Labute approximate surface area is 133 Å². The fourth-order valence-corrected chi connectivity index (χ4v) is 2.26. The maximum atomic E-state index is 11.1. The molecule has 2 heterocycles. The van der Waals surface area contributed by atoms with Crippen molar-refractivity contribution in [3.8, 4) is 11.3 Å². The van der Waals surface area contributed by atoms with Gasteiger partial charge in [-0.2, -0.15) is 5.10 Å². The number of amides is 1. The van der Waals surface area contributed by atoms with Gasteiger partial charge in [0.25, 0.3) is 5.91 Å². The summed E-state index contributed by atoms with van der Waals surface area (Å²) in [5.41, 5.74) is 8.30. The van der Waals surface area contributed by atoms with Gasteiger partial charge in [-0.1, -0.05) is 30.3 Å². The van der Waals surface area contributed by atoms with Gasteiger partial charge in [0.15, 0.2) is 0 Å². The normalized spacial score (nSPS) is 10.5. The van der Waals surface area contributed by atoms with Crippen LogP contribution in [0.3, 0.4) is 0 Å². The predicted molar refractivity (Wildman–Crippen MR) is 86.5 cm³/mol. The van der Waals surface area contributed by atoms with E-state index < -0.39 is 5.91 Å². The molecule has 0 saturated heterocycles. The molecule has 0 atom stereocenters. The Morgan fingerprint density at radius 1 is 1.26 bits per heavy atom. The van der Waals surface area contributed by atoms with Crippen LogP contribution >= 0.6 is 0 Å². The molecule has 2 aromatic heterocycles. The number of hydrogen-bond donors (Lipinski definition) is 2. The molecule has 0 saturated carbocycles. The van der Waals surface area contributed by atoms with Crippen molar-refractivity contribution in [2.75, 3.05) is 5.32 Å². The standard InChI is InChI=1S/C16H16N6O/c1-22-10-12(15(21-22)11-5-3-2-4-6-11)7-19-14-9-18-8-13(20-14)16(17)23/h2-6,8-10H,7H2,1H3,(H2,17,23)(H,19,20). The van der Waals surface area contributed by atoms with Crippen LogP contribution < -0.4 is 11.1 Å². The number of rotatable bonds is 5. The molecular formula is C16H16N6O. The molecule has 3 N–H and O–H groups in total. The maximum Gasteiger partial charge on any atom is 0.268 e. The number of nitrogens with two attached hydrogens (primary N) is 1. The molecule has 0 radical (unpaired) electrons. The van der Waals surface area contributed by atoms with Crippen LogP contribution in [0.1, 0.15) is 16.1 Å². The summed E-state index contributed by atoms with van der Waals surface area (Å²) in [6.45, 7) is 0.509. The fourth-order valence-electron chi connectivity index (χ4n) is 2.26. The van der Waals surface area contributed by atoms with Gasteiger partial charge < -0.3 is 11.1 Å². The highest BCUT2D eigenvalue weighted by molar-refractivity contribution is 5.90. The Morgan fingerprint density at radius 2 is 2.04 bits per heavy atom. The Morgan fingerprint density at radius 3 is 2.78 bits per heavy atom. The van der Waals surface area contributed by atoms with E-state index in [1.807, 2.05) is 43.6 Å². The lowest BCUT2D eigenvalue weighted by Gasteiger charge is -2.06. The van der Waals surface area contributed by atoms with Crippen LogP contribution in [0.2, 0.25) is 0 Å². The van der Waals surface area contributed by atoms with Gasteiger partial charge in [-0.3, -0.25) is 14.5 Å². The van der Waals surface area contributed by atoms with Gasteiger partial charge in [0.1, 0.15) is 11.5 Å². The summed E-state index contributed by atoms with van der Waals surface area (Å²) in [5, 5.41) is 7.65. The topological polar surface area (TPSA) is 98.7 Å². The van der Waals surface area contributed by atoms with E-state index in [1.54, 1.807) is 10.9 Å². The Balaban J connectivity index is 1.82. The number of nitrogens with zero attached hydrogens (tertiary/aromatic N) is 4. The first-order chi connectivity index (χ1) is 11.1. The highest BCUT2D eigenvalue weighted by Gasteiger charge is 2.10. The number of primary amides is 1. The van der Waals surface area contributed by atoms with Crippen molar-refractivity contribution in [2.45, 2.75) is 6.54 Å². The number of anilines is 1. The molecule has 7 nitrogen and oxygen atoms in total. The van der Waals surface area contributed by atoms with Gasteiger partial charge >= 0.3 is 0 Å². The van der Waals surface area contributed by atoms with E-state index in [1.165, 1.54) is 6.20 Å². The van der Waals surface area contributed by atoms with Crippen molar-refractivity contribution in [3.05, 3.63) is 60.2 Å². The summed E-state index contributed by atoms with van der Waals surface area (Å²) in [5.74, 6) is -0.114. The number of hydrogen-bond acceptors (Lipinski definition) is 5. The molecule has 7 heteroatoms. The minimum Gasteiger partial charge on any atom is -0.365 e. The largest absolute Gasteiger partial charge is 0.365 e. The first kappa shape index (κ1) is 14.7. The van der Waals surface area contributed by atoms with Crippen LogP contribution in [-0.4, -0.2) is 25.7 Å². The molecule has 0 aliphatic carbocycles. The third kappa shape index (κ3) is 3.34. The van der Waals surface area contributed by atoms with Crippen molar-refractivity contribution in [3.63, 3.8) is 0 Å². The van der Waals surface area contributed by atoms with E-state index in [2.05, 4.69) is 20.4 Å². The van der Waals surface area contributed by atoms with Crippen LogP contribution in [0.15, 0.2) is 48.9 Å². The second kappa shape index (κ2) is 6.27. The van der Waals surface area contributed by atoms with Crippen LogP contribution in [0, 0.1) is 0 Å². The zero-order valence-corrected chi connectivity index (χ0v) is 12.6. The molecule has 23 heavy (non-hydrogen) atoms. The molecule has 1 aromatic carbocycles. The van der Waals surface area contributed by atoms with E-state index in [0.29, 0.717) is 12.4 Å². The predicted octanol–water partition coefficient (Wildman–Crippen LogP) is 1.59. The third-order valence-electron chi connectivity index (χ3n) is 3.30. The zero-order valence-electron chi connectivity index (χ0n) is 12.6. The highest BCUT2D eigenvalue weighted by Crippen LogP contribution is 2.22. The maximum absolute atomic E-state index is 11.1. The molecule has 0 aliphatic heterocycles. The number of aromatic nitrogens is 4. The SMILES string of the molecule is Cn1cc(CNc2cncc(C(N)=O)n2)c(-c2ccccc2)n1. The first-order valence-corrected chi connectivity index (χ1v) is 7.07. The summed E-state index contributed by atoms with van der Waals surface area (Å²) in [7, 11) is 1.88. The van der Waals surface area contributed by atoms with Crippen molar-refractivity contribution in [1.82, 2.24) is 19.7 Å². The van der Waals surface area contributed by atoms with Gasteiger partial charge in [-0.25, -0.2) is 4.98 Å². The Bertz CT molecular complexity index is 828. The van der Waals surface area contributed by atoms with Crippen LogP contribution in [-0.2, 0) is 13.6 Å². The first-order valence-electron chi connectivity index (χ1n) is 7.07. The monoisotopic (exact) mass is 308 g/mol. The van der Waals surface area contributed by atoms with Gasteiger partial charge in [0.2, 0.25) is 0 Å². The number of carbonyl (C=O) groups is 1. The second-order valence-electron chi connectivity index (χ2n) is 5.05. The molecular weight excluding hydrogens is 292 g/mol. The lowest BCUT2D eigenvalue weighted by Crippen LogP contribution is -2.14. The quantitative estimate of drug-likeness (QED) is 0.745. The molecule has 3 aromatic rings. The molecule has 1 amide bonds. The van der Waals surface area contributed by atoms with Gasteiger partial charge in [0.05, 0.1) is 18.1 Å². The van der Waals surface area contributed by atoms with E-state index in [4.69, 9.17) is 5.73 Å². The van der Waals surface area contributed by atoms with E-state index in [9.17, 15) is 4.79 Å². The van der Waals surface area contributed by atoms with E-state index in [-0.39, 0.29) is 5.69 Å².